The molecule has 0 amide bonds. The molecule has 20 heavy (non-hydrogen) atoms. The minimum absolute atomic E-state index is 0.00222. The number of nitrogen functional groups attached to an aromatic ring is 1. The number of hydrogen-bond acceptors (Lipinski definition) is 7. The third-order valence-electron chi connectivity index (χ3n) is 2.78. The van der Waals surface area contributed by atoms with E-state index < -0.39 is 10.4 Å². The predicted molar refractivity (Wildman–Crippen MR) is 74.0 cm³/mol. The number of benzene rings is 1. The number of aromatic amines is 1. The normalized spacial score (nSPS) is 11.0. The SMILES string of the molecule is Nc1[nH]c(=S)nc2oc3ccc([N+](=O)[O-])cc3c(=O)c12. The van der Waals surface area contributed by atoms with Gasteiger partial charge in [-0.15, -0.1) is 0 Å². The monoisotopic (exact) mass is 290 g/mol. The smallest absolute Gasteiger partial charge is 0.270 e. The number of nitrogens with one attached hydrogen (secondary N) is 1. The molecule has 100 valence electrons. The molecular formula is C11H6N4O4S. The van der Waals surface area contributed by atoms with Gasteiger partial charge in [0, 0.05) is 12.1 Å². The van der Waals surface area contributed by atoms with Crippen molar-refractivity contribution >= 4 is 45.8 Å². The number of nitro groups is 1. The van der Waals surface area contributed by atoms with E-state index >= 15 is 0 Å². The zero-order valence-corrected chi connectivity index (χ0v) is 10.6. The number of nitro benzene ring substituents is 1. The van der Waals surface area contributed by atoms with Crippen molar-refractivity contribution in [3.63, 3.8) is 0 Å². The molecule has 0 unspecified atom stereocenters. The summed E-state index contributed by atoms with van der Waals surface area (Å²) in [5.74, 6) is 0.0159. The van der Waals surface area contributed by atoms with E-state index in [9.17, 15) is 14.9 Å². The van der Waals surface area contributed by atoms with E-state index in [4.69, 9.17) is 22.4 Å². The molecule has 8 nitrogen and oxygen atoms in total. The fraction of sp³-hybridized carbons (Fsp3) is 0. The van der Waals surface area contributed by atoms with Crippen LogP contribution in [0, 0.1) is 14.9 Å². The summed E-state index contributed by atoms with van der Waals surface area (Å²) in [6, 6.07) is 3.72. The first kappa shape index (κ1) is 12.2. The van der Waals surface area contributed by atoms with E-state index in [2.05, 4.69) is 9.97 Å². The van der Waals surface area contributed by atoms with Gasteiger partial charge in [0.2, 0.25) is 15.9 Å². The van der Waals surface area contributed by atoms with E-state index in [-0.39, 0.29) is 38.3 Å². The van der Waals surface area contributed by atoms with Crippen LogP contribution in [0.3, 0.4) is 0 Å². The number of rotatable bonds is 1. The molecule has 2 heterocycles. The molecule has 0 aliphatic heterocycles. The van der Waals surface area contributed by atoms with Gasteiger partial charge >= 0.3 is 0 Å². The first-order chi connectivity index (χ1) is 9.47. The quantitative estimate of drug-likeness (QED) is 0.303. The minimum Gasteiger partial charge on any atom is -0.437 e. The van der Waals surface area contributed by atoms with Gasteiger partial charge in [-0.1, -0.05) is 0 Å². The van der Waals surface area contributed by atoms with Crippen LogP contribution in [0.4, 0.5) is 11.5 Å². The molecule has 0 radical (unpaired) electrons. The molecule has 3 N–H and O–H groups in total. The molecule has 3 rings (SSSR count). The lowest BCUT2D eigenvalue weighted by Gasteiger charge is -2.02. The summed E-state index contributed by atoms with van der Waals surface area (Å²) in [4.78, 5) is 28.9. The second kappa shape index (κ2) is 4.10. The molecule has 0 saturated carbocycles. The summed E-state index contributed by atoms with van der Waals surface area (Å²) in [6.45, 7) is 0. The van der Waals surface area contributed by atoms with Gasteiger partial charge in [0.05, 0.1) is 10.3 Å². The Balaban J connectivity index is 2.55. The molecule has 0 spiro atoms. The van der Waals surface area contributed by atoms with Crippen molar-refractivity contribution in [2.24, 2.45) is 0 Å². The summed E-state index contributed by atoms with van der Waals surface area (Å²) in [6.07, 6.45) is 0. The summed E-state index contributed by atoms with van der Waals surface area (Å²) in [5.41, 5.74) is 5.16. The highest BCUT2D eigenvalue weighted by Gasteiger charge is 2.15. The van der Waals surface area contributed by atoms with Crippen LogP contribution >= 0.6 is 12.2 Å². The van der Waals surface area contributed by atoms with Gasteiger partial charge < -0.3 is 15.1 Å². The van der Waals surface area contributed by atoms with Gasteiger partial charge in [0.25, 0.3) is 5.69 Å². The molecule has 0 saturated heterocycles. The molecule has 0 aliphatic rings. The molecule has 0 bridgehead atoms. The van der Waals surface area contributed by atoms with Crippen LogP contribution in [0.15, 0.2) is 27.4 Å². The Morgan fingerprint density at radius 2 is 2.20 bits per heavy atom. The number of hydrogen-bond donors (Lipinski definition) is 2. The Morgan fingerprint density at radius 1 is 1.45 bits per heavy atom. The van der Waals surface area contributed by atoms with Gasteiger partial charge in [0.1, 0.15) is 16.8 Å². The minimum atomic E-state index is -0.594. The second-order valence-corrected chi connectivity index (χ2v) is 4.39. The van der Waals surface area contributed by atoms with Crippen molar-refractivity contribution in [1.29, 1.82) is 0 Å². The zero-order valence-electron chi connectivity index (χ0n) is 9.75. The van der Waals surface area contributed by atoms with Crippen molar-refractivity contribution in [1.82, 2.24) is 9.97 Å². The average molecular weight is 290 g/mol. The van der Waals surface area contributed by atoms with Crippen LogP contribution in [0.5, 0.6) is 0 Å². The highest BCUT2D eigenvalue weighted by atomic mass is 32.1. The van der Waals surface area contributed by atoms with Crippen LogP contribution in [-0.4, -0.2) is 14.9 Å². The molecular weight excluding hydrogens is 284 g/mol. The van der Waals surface area contributed by atoms with Crippen molar-refractivity contribution in [3.8, 4) is 0 Å². The number of nitrogens with two attached hydrogens (primary N) is 1. The summed E-state index contributed by atoms with van der Waals surface area (Å²) >= 11 is 4.85. The van der Waals surface area contributed by atoms with E-state index in [1.807, 2.05) is 0 Å². The third-order valence-corrected chi connectivity index (χ3v) is 2.97. The van der Waals surface area contributed by atoms with E-state index in [0.29, 0.717) is 0 Å². The summed E-state index contributed by atoms with van der Waals surface area (Å²) in [5, 5.41) is 10.8. The van der Waals surface area contributed by atoms with Crippen molar-refractivity contribution < 1.29 is 9.34 Å². The summed E-state index contributed by atoms with van der Waals surface area (Å²) < 4.78 is 5.51. The fourth-order valence-corrected chi connectivity index (χ4v) is 2.09. The topological polar surface area (TPSA) is 128 Å². The lowest BCUT2D eigenvalue weighted by Crippen LogP contribution is -2.08. The first-order valence-electron chi connectivity index (χ1n) is 5.38. The van der Waals surface area contributed by atoms with Gasteiger partial charge in [-0.25, -0.2) is 0 Å². The maximum absolute atomic E-state index is 12.3. The Hall–Kier alpha value is -2.81. The number of nitrogens with zero attached hydrogens (tertiary/aromatic N) is 2. The number of non-ortho nitro benzene ring substituents is 1. The van der Waals surface area contributed by atoms with E-state index in [0.717, 1.165) is 6.07 Å². The number of H-pyrrole nitrogens is 1. The molecule has 0 fully saturated rings. The molecule has 0 atom stereocenters. The average Bonchev–Trinajstić information content (AvgIpc) is 2.37. The number of fused-ring (bicyclic) bond motifs is 2. The van der Waals surface area contributed by atoms with E-state index in [1.54, 1.807) is 0 Å². The van der Waals surface area contributed by atoms with Crippen LogP contribution in [0.25, 0.3) is 22.1 Å². The van der Waals surface area contributed by atoms with Gasteiger partial charge in [-0.2, -0.15) is 4.98 Å². The van der Waals surface area contributed by atoms with Gasteiger partial charge in [-0.3, -0.25) is 14.9 Å². The van der Waals surface area contributed by atoms with Crippen LogP contribution in [-0.2, 0) is 0 Å². The van der Waals surface area contributed by atoms with Gasteiger partial charge in [0.15, 0.2) is 0 Å². The first-order valence-corrected chi connectivity index (χ1v) is 5.79. The molecule has 1 aromatic carbocycles. The number of anilines is 1. The fourth-order valence-electron chi connectivity index (χ4n) is 1.90. The van der Waals surface area contributed by atoms with Crippen molar-refractivity contribution in [3.05, 3.63) is 43.3 Å². The van der Waals surface area contributed by atoms with Crippen LogP contribution in [0.1, 0.15) is 0 Å². The van der Waals surface area contributed by atoms with Crippen molar-refractivity contribution in [2.75, 3.05) is 5.73 Å². The van der Waals surface area contributed by atoms with E-state index in [1.165, 1.54) is 12.1 Å². The molecule has 9 heteroatoms. The Kier molecular flexibility index (Phi) is 2.51. The van der Waals surface area contributed by atoms with Crippen molar-refractivity contribution in [2.45, 2.75) is 0 Å². The molecule has 2 aromatic heterocycles. The summed E-state index contributed by atoms with van der Waals surface area (Å²) in [7, 11) is 0. The molecule has 3 aromatic rings. The third kappa shape index (κ3) is 1.72. The second-order valence-electron chi connectivity index (χ2n) is 4.00. The Bertz CT molecular complexity index is 991. The van der Waals surface area contributed by atoms with Crippen LogP contribution < -0.4 is 11.2 Å². The highest BCUT2D eigenvalue weighted by molar-refractivity contribution is 7.71. The Morgan fingerprint density at radius 3 is 2.90 bits per heavy atom. The lowest BCUT2D eigenvalue weighted by molar-refractivity contribution is -0.384. The molecule has 0 aliphatic carbocycles. The largest absolute Gasteiger partial charge is 0.437 e. The Labute approximate surface area is 115 Å². The standard InChI is InChI=1S/C11H6N4O4S/c12-9-7-8(16)5-3-4(15(17)18)1-2-6(5)19-10(7)14-11(20)13-9/h1-3H,(H3,12,13,14,20). The zero-order chi connectivity index (χ0) is 14.4. The highest BCUT2D eigenvalue weighted by Crippen LogP contribution is 2.23. The van der Waals surface area contributed by atoms with Crippen LogP contribution in [0.2, 0.25) is 0 Å². The maximum Gasteiger partial charge on any atom is 0.270 e. The maximum atomic E-state index is 12.3. The van der Waals surface area contributed by atoms with Gasteiger partial charge in [-0.05, 0) is 18.3 Å². The lowest BCUT2D eigenvalue weighted by atomic mass is 10.2. The number of aromatic nitrogens is 2. The predicted octanol–water partition coefficient (Wildman–Crippen LogP) is 1.89.